The minimum Gasteiger partial charge on any atom is -0.481 e. The van der Waals surface area contributed by atoms with Crippen LogP contribution in [0.1, 0.15) is 77.3 Å². The largest absolute Gasteiger partial charge is 0.481 e. The molecule has 34 heavy (non-hydrogen) atoms. The highest BCUT2D eigenvalue weighted by atomic mass is 35.5. The smallest absolute Gasteiger partial charge is 0.306 e. The lowest BCUT2D eigenvalue weighted by molar-refractivity contribution is -0.150. The standard InChI is InChI=1S/C27H34ClF2NO3/c1-25(2,3)8-7-16-5-6-19(11-22(16)28)26(4)14-23(32)31(20-9-17(10-20)24(33)34)15-21(26)18-12-27(29,30)13-18/h5-6,11,15,17-18,20H,7-10,12-14H2,1-4H3,(H,33,34)/t17?,20?,26-/m0/s1. The van der Waals surface area contributed by atoms with Crippen LogP contribution in [0.2, 0.25) is 5.02 Å². The lowest BCUT2D eigenvalue weighted by Gasteiger charge is -2.50. The molecule has 1 aromatic rings. The average molecular weight is 494 g/mol. The zero-order valence-corrected chi connectivity index (χ0v) is 21.1. The summed E-state index contributed by atoms with van der Waals surface area (Å²) in [4.78, 5) is 26.1. The van der Waals surface area contributed by atoms with E-state index in [4.69, 9.17) is 11.6 Å². The molecule has 7 heteroatoms. The van der Waals surface area contributed by atoms with Crippen molar-refractivity contribution in [3.05, 3.63) is 46.1 Å². The van der Waals surface area contributed by atoms with Gasteiger partial charge >= 0.3 is 5.97 Å². The van der Waals surface area contributed by atoms with Gasteiger partial charge in [-0.05, 0) is 59.8 Å². The second kappa shape index (κ2) is 8.61. The molecule has 4 nitrogen and oxygen atoms in total. The Morgan fingerprint density at radius 1 is 1.24 bits per heavy atom. The summed E-state index contributed by atoms with van der Waals surface area (Å²) >= 11 is 6.66. The summed E-state index contributed by atoms with van der Waals surface area (Å²) in [6.45, 7) is 8.50. The van der Waals surface area contributed by atoms with Gasteiger partial charge in [-0.25, -0.2) is 8.78 Å². The maximum atomic E-state index is 13.9. The molecule has 186 valence electrons. The number of aliphatic carboxylic acids is 1. The highest BCUT2D eigenvalue weighted by Crippen LogP contribution is 2.54. The number of carboxylic acid groups (broad SMARTS) is 1. The van der Waals surface area contributed by atoms with E-state index in [9.17, 15) is 23.5 Å². The van der Waals surface area contributed by atoms with Crippen molar-refractivity contribution in [1.82, 2.24) is 4.90 Å². The van der Waals surface area contributed by atoms with E-state index in [1.165, 1.54) is 0 Å². The molecule has 1 N–H and O–H groups in total. The number of benzene rings is 1. The number of rotatable bonds is 6. The maximum absolute atomic E-state index is 13.9. The first kappa shape index (κ1) is 25.2. The monoisotopic (exact) mass is 493 g/mol. The van der Waals surface area contributed by atoms with Crippen LogP contribution in [0.15, 0.2) is 30.0 Å². The van der Waals surface area contributed by atoms with Crippen LogP contribution in [-0.4, -0.2) is 33.8 Å². The zero-order valence-electron chi connectivity index (χ0n) is 20.3. The molecule has 0 unspecified atom stereocenters. The Labute approximate surface area is 205 Å². The molecule has 2 aliphatic carbocycles. The molecule has 1 aliphatic heterocycles. The molecule has 0 aromatic heterocycles. The average Bonchev–Trinajstić information content (AvgIpc) is 2.64. The van der Waals surface area contributed by atoms with Gasteiger partial charge in [-0.3, -0.25) is 9.59 Å². The van der Waals surface area contributed by atoms with Gasteiger partial charge in [0.15, 0.2) is 0 Å². The number of amides is 1. The van der Waals surface area contributed by atoms with Crippen LogP contribution in [0.3, 0.4) is 0 Å². The van der Waals surface area contributed by atoms with Gasteiger partial charge in [0.05, 0.1) is 5.92 Å². The molecule has 2 saturated carbocycles. The molecule has 0 bridgehead atoms. The van der Waals surface area contributed by atoms with Crippen molar-refractivity contribution in [2.24, 2.45) is 17.3 Å². The van der Waals surface area contributed by atoms with Crippen molar-refractivity contribution in [2.75, 3.05) is 0 Å². The van der Waals surface area contributed by atoms with Crippen LogP contribution in [0.4, 0.5) is 8.78 Å². The lowest BCUT2D eigenvalue weighted by atomic mass is 9.61. The molecule has 1 heterocycles. The molecular weight excluding hydrogens is 460 g/mol. The summed E-state index contributed by atoms with van der Waals surface area (Å²) in [5.74, 6) is -4.40. The fourth-order valence-electron chi connectivity index (χ4n) is 5.49. The van der Waals surface area contributed by atoms with Crippen LogP contribution in [0.5, 0.6) is 0 Å². The number of hydrogen-bond acceptors (Lipinski definition) is 2. The van der Waals surface area contributed by atoms with E-state index in [1.54, 1.807) is 11.1 Å². The van der Waals surface area contributed by atoms with Crippen molar-refractivity contribution in [2.45, 2.75) is 90.0 Å². The van der Waals surface area contributed by atoms with Crippen molar-refractivity contribution in [3.63, 3.8) is 0 Å². The van der Waals surface area contributed by atoms with Crippen molar-refractivity contribution in [1.29, 1.82) is 0 Å². The Morgan fingerprint density at radius 3 is 2.41 bits per heavy atom. The zero-order chi connectivity index (χ0) is 25.1. The van der Waals surface area contributed by atoms with E-state index < -0.39 is 23.2 Å². The normalized spacial score (nSPS) is 29.3. The van der Waals surface area contributed by atoms with Gasteiger partial charge < -0.3 is 10.0 Å². The van der Waals surface area contributed by atoms with Gasteiger partial charge in [0.1, 0.15) is 0 Å². The fourth-order valence-corrected chi connectivity index (χ4v) is 5.77. The summed E-state index contributed by atoms with van der Waals surface area (Å²) < 4.78 is 27.7. The number of hydrogen-bond donors (Lipinski definition) is 1. The van der Waals surface area contributed by atoms with Crippen LogP contribution in [0, 0.1) is 17.3 Å². The van der Waals surface area contributed by atoms with Gasteiger partial charge in [-0.2, -0.15) is 0 Å². The Hall–Kier alpha value is -1.95. The molecule has 1 atom stereocenters. The third-order valence-electron chi connectivity index (χ3n) is 7.93. The topological polar surface area (TPSA) is 57.6 Å². The first-order chi connectivity index (χ1) is 15.7. The van der Waals surface area contributed by atoms with E-state index in [1.807, 2.05) is 25.1 Å². The van der Waals surface area contributed by atoms with Crippen LogP contribution >= 0.6 is 11.6 Å². The number of carbonyl (C=O) groups is 2. The van der Waals surface area contributed by atoms with Crippen molar-refractivity contribution < 1.29 is 23.5 Å². The van der Waals surface area contributed by atoms with E-state index >= 15 is 0 Å². The van der Waals surface area contributed by atoms with E-state index in [0.29, 0.717) is 17.9 Å². The third-order valence-corrected chi connectivity index (χ3v) is 8.28. The van der Waals surface area contributed by atoms with Crippen LogP contribution < -0.4 is 0 Å². The summed E-state index contributed by atoms with van der Waals surface area (Å²) in [5.41, 5.74) is 2.19. The number of halogens is 3. The Balaban J connectivity index is 1.64. The first-order valence-corrected chi connectivity index (χ1v) is 12.5. The molecule has 3 aliphatic rings. The maximum Gasteiger partial charge on any atom is 0.306 e. The second-order valence-electron chi connectivity index (χ2n) is 11.9. The summed E-state index contributed by atoms with van der Waals surface area (Å²) in [5, 5.41) is 9.85. The molecule has 2 fully saturated rings. The van der Waals surface area contributed by atoms with Crippen LogP contribution in [0.25, 0.3) is 0 Å². The van der Waals surface area contributed by atoms with Gasteiger partial charge in [-0.1, -0.05) is 51.4 Å². The number of carbonyl (C=O) groups excluding carboxylic acids is 1. The number of carboxylic acids is 1. The minimum absolute atomic E-state index is 0.0981. The summed E-state index contributed by atoms with van der Waals surface area (Å²) in [6, 6.07) is 5.71. The molecule has 1 aromatic carbocycles. The summed E-state index contributed by atoms with van der Waals surface area (Å²) in [6.07, 6.45) is 4.09. The van der Waals surface area contributed by atoms with E-state index in [-0.39, 0.29) is 42.5 Å². The second-order valence-corrected chi connectivity index (χ2v) is 12.3. The Morgan fingerprint density at radius 2 is 1.88 bits per heavy atom. The van der Waals surface area contributed by atoms with E-state index in [0.717, 1.165) is 29.5 Å². The molecule has 4 rings (SSSR count). The molecule has 0 spiro atoms. The first-order valence-electron chi connectivity index (χ1n) is 12.1. The highest BCUT2D eigenvalue weighted by molar-refractivity contribution is 6.31. The number of alkyl halides is 2. The third kappa shape index (κ3) is 4.89. The number of aryl methyl sites for hydroxylation is 1. The predicted octanol–water partition coefficient (Wildman–Crippen LogP) is 6.60. The molecule has 1 amide bonds. The van der Waals surface area contributed by atoms with Gasteiger partial charge in [0.2, 0.25) is 11.8 Å². The molecular formula is C27H34ClF2NO3. The fraction of sp³-hybridized carbons (Fsp3) is 0.630. The Kier molecular flexibility index (Phi) is 6.37. The molecule has 0 saturated heterocycles. The number of nitrogens with zero attached hydrogens (tertiary/aromatic N) is 1. The highest BCUT2D eigenvalue weighted by Gasteiger charge is 2.53. The van der Waals surface area contributed by atoms with Gasteiger partial charge in [-0.15, -0.1) is 0 Å². The van der Waals surface area contributed by atoms with E-state index in [2.05, 4.69) is 20.8 Å². The van der Waals surface area contributed by atoms with Gasteiger partial charge in [0.25, 0.3) is 0 Å². The van der Waals surface area contributed by atoms with Gasteiger partial charge in [0, 0.05) is 41.9 Å². The Bertz CT molecular complexity index is 1020. The SMILES string of the molecule is CC(C)(C)CCc1ccc([C@]2(C)CC(=O)N(C3CC(C(=O)O)C3)C=C2C2CC(F)(F)C2)cc1Cl. The van der Waals surface area contributed by atoms with Crippen molar-refractivity contribution in [3.8, 4) is 0 Å². The van der Waals surface area contributed by atoms with Crippen LogP contribution in [-0.2, 0) is 21.4 Å². The lowest BCUT2D eigenvalue weighted by Crippen LogP contribution is -2.53. The quantitative estimate of drug-likeness (QED) is 0.485. The minimum atomic E-state index is -2.68. The number of allylic oxidation sites excluding steroid dienone is 1. The predicted molar refractivity (Wildman–Crippen MR) is 128 cm³/mol. The van der Waals surface area contributed by atoms with Crippen molar-refractivity contribution >= 4 is 23.5 Å². The summed E-state index contributed by atoms with van der Waals surface area (Å²) in [7, 11) is 0. The molecule has 0 radical (unpaired) electrons.